The molecule has 0 fully saturated rings. The summed E-state index contributed by atoms with van der Waals surface area (Å²) in [6.45, 7) is 0. The van der Waals surface area contributed by atoms with Gasteiger partial charge in [-0.1, -0.05) is 12.1 Å². The van der Waals surface area contributed by atoms with Crippen molar-refractivity contribution in [3.8, 4) is 17.3 Å². The van der Waals surface area contributed by atoms with Crippen LogP contribution in [0.3, 0.4) is 0 Å². The number of methoxy groups -OCH3 is 1. The maximum Gasteiger partial charge on any atom is 0.259 e. The zero-order valence-corrected chi connectivity index (χ0v) is 11.8. The fourth-order valence-electron chi connectivity index (χ4n) is 2.46. The predicted molar refractivity (Wildman–Crippen MR) is 84.1 cm³/mol. The lowest BCUT2D eigenvalue weighted by Gasteiger charge is -1.99. The van der Waals surface area contributed by atoms with Gasteiger partial charge in [-0.05, 0) is 30.3 Å². The molecule has 0 saturated carbocycles. The highest BCUT2D eigenvalue weighted by Crippen LogP contribution is 2.28. The van der Waals surface area contributed by atoms with Crippen LogP contribution in [0.5, 0.6) is 5.75 Å². The minimum absolute atomic E-state index is 0.182. The number of ether oxygens (including phenoxy) is 1. The highest BCUT2D eigenvalue weighted by atomic mass is 16.5. The number of aromatic amines is 1. The molecule has 0 unspecified atom stereocenters. The number of para-hydroxylation sites is 1. The lowest BCUT2D eigenvalue weighted by atomic mass is 10.2. The van der Waals surface area contributed by atoms with E-state index in [1.807, 2.05) is 30.3 Å². The van der Waals surface area contributed by atoms with Crippen LogP contribution in [0.2, 0.25) is 0 Å². The summed E-state index contributed by atoms with van der Waals surface area (Å²) in [6, 6.07) is 14.6. The maximum absolute atomic E-state index is 12.1. The van der Waals surface area contributed by atoms with Crippen molar-refractivity contribution in [3.05, 3.63) is 58.9 Å². The lowest BCUT2D eigenvalue weighted by Crippen LogP contribution is -2.08. The first-order valence-corrected chi connectivity index (χ1v) is 6.81. The Morgan fingerprint density at radius 1 is 1.14 bits per heavy atom. The van der Waals surface area contributed by atoms with Crippen molar-refractivity contribution < 1.29 is 9.15 Å². The van der Waals surface area contributed by atoms with Crippen molar-refractivity contribution in [2.45, 2.75) is 0 Å². The first-order chi connectivity index (χ1) is 10.7. The SMILES string of the molecule is COc1ccc2cc(-c3nc4ccccc4c(=O)[nH]3)oc2c1. The van der Waals surface area contributed by atoms with E-state index in [0.29, 0.717) is 33.8 Å². The fourth-order valence-corrected chi connectivity index (χ4v) is 2.46. The van der Waals surface area contributed by atoms with Gasteiger partial charge in [0, 0.05) is 11.5 Å². The van der Waals surface area contributed by atoms with E-state index in [4.69, 9.17) is 9.15 Å². The number of rotatable bonds is 2. The molecule has 0 bridgehead atoms. The van der Waals surface area contributed by atoms with Gasteiger partial charge in [0.25, 0.3) is 5.56 Å². The second kappa shape index (κ2) is 4.73. The Morgan fingerprint density at radius 2 is 2.00 bits per heavy atom. The first-order valence-electron chi connectivity index (χ1n) is 6.81. The third-order valence-corrected chi connectivity index (χ3v) is 3.57. The molecule has 22 heavy (non-hydrogen) atoms. The fraction of sp³-hybridized carbons (Fsp3) is 0.0588. The van der Waals surface area contributed by atoms with Crippen LogP contribution < -0.4 is 10.3 Å². The summed E-state index contributed by atoms with van der Waals surface area (Å²) in [4.78, 5) is 19.4. The summed E-state index contributed by atoms with van der Waals surface area (Å²) in [6.07, 6.45) is 0. The van der Waals surface area contributed by atoms with Crippen LogP contribution in [-0.4, -0.2) is 17.1 Å². The van der Waals surface area contributed by atoms with Gasteiger partial charge in [0.05, 0.1) is 18.0 Å². The number of hydrogen-bond donors (Lipinski definition) is 1. The van der Waals surface area contributed by atoms with Crippen LogP contribution >= 0.6 is 0 Å². The number of nitrogens with one attached hydrogen (secondary N) is 1. The molecule has 4 aromatic rings. The Labute approximate surface area is 125 Å². The zero-order valence-electron chi connectivity index (χ0n) is 11.8. The molecule has 0 aliphatic heterocycles. The highest BCUT2D eigenvalue weighted by molar-refractivity contribution is 5.84. The molecule has 0 spiro atoms. The summed E-state index contributed by atoms with van der Waals surface area (Å²) < 4.78 is 11.0. The predicted octanol–water partition coefficient (Wildman–Crippen LogP) is 3.34. The number of aromatic nitrogens is 2. The Hall–Kier alpha value is -3.08. The number of furan rings is 1. The maximum atomic E-state index is 12.1. The molecule has 0 radical (unpaired) electrons. The average molecular weight is 292 g/mol. The normalized spacial score (nSPS) is 11.1. The number of H-pyrrole nitrogens is 1. The molecule has 0 aliphatic rings. The van der Waals surface area contributed by atoms with Gasteiger partial charge in [-0.15, -0.1) is 0 Å². The number of hydrogen-bond acceptors (Lipinski definition) is 4. The Morgan fingerprint density at radius 3 is 2.86 bits per heavy atom. The first kappa shape index (κ1) is 12.6. The minimum atomic E-state index is -0.182. The topological polar surface area (TPSA) is 68.1 Å². The number of benzene rings is 2. The third kappa shape index (κ3) is 1.95. The van der Waals surface area contributed by atoms with Crippen molar-refractivity contribution in [1.82, 2.24) is 9.97 Å². The summed E-state index contributed by atoms with van der Waals surface area (Å²) in [5, 5.41) is 1.48. The molecule has 2 aromatic heterocycles. The molecule has 2 aromatic carbocycles. The minimum Gasteiger partial charge on any atom is -0.497 e. The standard InChI is InChI=1S/C17H12N2O3/c1-21-11-7-6-10-8-15(22-14(10)9-11)16-18-13-5-3-2-4-12(13)17(20)19-16/h2-9H,1H3,(H,18,19,20). The van der Waals surface area contributed by atoms with E-state index in [9.17, 15) is 4.79 Å². The second-order valence-electron chi connectivity index (χ2n) is 4.95. The molecule has 108 valence electrons. The molecular weight excluding hydrogens is 280 g/mol. The molecule has 0 amide bonds. The van der Waals surface area contributed by atoms with Gasteiger partial charge < -0.3 is 14.1 Å². The molecule has 4 rings (SSSR count). The second-order valence-corrected chi connectivity index (χ2v) is 4.95. The third-order valence-electron chi connectivity index (χ3n) is 3.57. The molecule has 0 atom stereocenters. The van der Waals surface area contributed by atoms with Gasteiger partial charge in [-0.2, -0.15) is 0 Å². The van der Waals surface area contributed by atoms with Gasteiger partial charge in [0.15, 0.2) is 11.6 Å². The van der Waals surface area contributed by atoms with E-state index in [2.05, 4.69) is 9.97 Å². The van der Waals surface area contributed by atoms with Crippen molar-refractivity contribution in [1.29, 1.82) is 0 Å². The summed E-state index contributed by atoms with van der Waals surface area (Å²) in [7, 11) is 1.60. The van der Waals surface area contributed by atoms with E-state index in [1.54, 1.807) is 25.3 Å². The van der Waals surface area contributed by atoms with Crippen LogP contribution in [0.1, 0.15) is 0 Å². The Balaban J connectivity index is 1.93. The quantitative estimate of drug-likeness (QED) is 0.615. The molecule has 2 heterocycles. The highest BCUT2D eigenvalue weighted by Gasteiger charge is 2.11. The molecule has 5 heteroatoms. The number of nitrogens with zero attached hydrogens (tertiary/aromatic N) is 1. The molecule has 0 saturated heterocycles. The lowest BCUT2D eigenvalue weighted by molar-refractivity contribution is 0.414. The van der Waals surface area contributed by atoms with E-state index >= 15 is 0 Å². The van der Waals surface area contributed by atoms with Crippen LogP contribution in [0.25, 0.3) is 33.5 Å². The van der Waals surface area contributed by atoms with Crippen molar-refractivity contribution in [3.63, 3.8) is 0 Å². The Kier molecular flexibility index (Phi) is 2.72. The molecule has 5 nitrogen and oxygen atoms in total. The molecular formula is C17H12N2O3. The van der Waals surface area contributed by atoms with Crippen molar-refractivity contribution in [2.24, 2.45) is 0 Å². The van der Waals surface area contributed by atoms with Gasteiger partial charge in [0.2, 0.25) is 0 Å². The van der Waals surface area contributed by atoms with Gasteiger partial charge in [-0.25, -0.2) is 4.98 Å². The van der Waals surface area contributed by atoms with E-state index in [-0.39, 0.29) is 5.56 Å². The monoisotopic (exact) mass is 292 g/mol. The summed E-state index contributed by atoms with van der Waals surface area (Å²) >= 11 is 0. The zero-order chi connectivity index (χ0) is 15.1. The van der Waals surface area contributed by atoms with E-state index in [0.717, 1.165) is 5.39 Å². The number of fused-ring (bicyclic) bond motifs is 2. The van der Waals surface area contributed by atoms with Crippen molar-refractivity contribution >= 4 is 21.9 Å². The smallest absolute Gasteiger partial charge is 0.259 e. The van der Waals surface area contributed by atoms with Crippen LogP contribution in [0.4, 0.5) is 0 Å². The average Bonchev–Trinajstić information content (AvgIpc) is 2.98. The largest absolute Gasteiger partial charge is 0.497 e. The van der Waals surface area contributed by atoms with Crippen LogP contribution in [0.15, 0.2) is 57.7 Å². The van der Waals surface area contributed by atoms with Gasteiger partial charge in [0.1, 0.15) is 11.3 Å². The van der Waals surface area contributed by atoms with E-state index < -0.39 is 0 Å². The van der Waals surface area contributed by atoms with Crippen molar-refractivity contribution in [2.75, 3.05) is 7.11 Å². The van der Waals surface area contributed by atoms with E-state index in [1.165, 1.54) is 0 Å². The van der Waals surface area contributed by atoms with Crippen LogP contribution in [-0.2, 0) is 0 Å². The van der Waals surface area contributed by atoms with Gasteiger partial charge >= 0.3 is 0 Å². The Bertz CT molecular complexity index is 1050. The summed E-state index contributed by atoms with van der Waals surface area (Å²) in [5.41, 5.74) is 1.14. The summed E-state index contributed by atoms with van der Waals surface area (Å²) in [5.74, 6) is 1.65. The van der Waals surface area contributed by atoms with Crippen LogP contribution in [0, 0.1) is 0 Å². The van der Waals surface area contributed by atoms with Gasteiger partial charge in [-0.3, -0.25) is 4.79 Å². The molecule has 1 N–H and O–H groups in total. The molecule has 0 aliphatic carbocycles.